The number of hydrogen-bond acceptors (Lipinski definition) is 4. The Hall–Kier alpha value is -1.66. The van der Waals surface area contributed by atoms with E-state index >= 15 is 0 Å². The van der Waals surface area contributed by atoms with Crippen molar-refractivity contribution < 1.29 is 4.79 Å². The second kappa shape index (κ2) is 7.07. The number of nitrogens with zero attached hydrogens (tertiary/aromatic N) is 4. The van der Waals surface area contributed by atoms with Crippen molar-refractivity contribution in [1.82, 2.24) is 19.6 Å². The molecule has 0 aromatic carbocycles. The van der Waals surface area contributed by atoms with Crippen molar-refractivity contribution in [2.24, 2.45) is 13.0 Å². The first kappa shape index (κ1) is 17.2. The normalized spacial score (nSPS) is 21.8. The molecular weight excluding hydrogens is 320 g/mol. The second-order valence-electron chi connectivity index (χ2n) is 6.89. The third-order valence-corrected chi connectivity index (χ3v) is 5.99. The number of thiophene rings is 1. The van der Waals surface area contributed by atoms with Crippen molar-refractivity contribution in [3.8, 4) is 0 Å². The lowest BCUT2D eigenvalue weighted by atomic mass is 9.85. The van der Waals surface area contributed by atoms with Gasteiger partial charge in [0.15, 0.2) is 0 Å². The van der Waals surface area contributed by atoms with Crippen LogP contribution < -0.4 is 0 Å². The van der Waals surface area contributed by atoms with Crippen LogP contribution in [0.25, 0.3) is 0 Å². The highest BCUT2D eigenvalue weighted by Gasteiger charge is 2.33. The van der Waals surface area contributed by atoms with Gasteiger partial charge in [0.1, 0.15) is 0 Å². The van der Waals surface area contributed by atoms with E-state index in [1.165, 1.54) is 23.3 Å². The summed E-state index contributed by atoms with van der Waals surface area (Å²) in [6.07, 6.45) is 6.39. The molecule has 1 aliphatic heterocycles. The largest absolute Gasteiger partial charge is 0.341 e. The SMILES string of the molecule is Cc1ccsc1C(=O)N(C)C[C@@H]1CCCN(C)[C@H]1c1cnn(C)c1. The lowest BCUT2D eigenvalue weighted by Crippen LogP contribution is -2.42. The third kappa shape index (κ3) is 3.39. The second-order valence-corrected chi connectivity index (χ2v) is 7.81. The van der Waals surface area contributed by atoms with E-state index in [9.17, 15) is 4.79 Å². The Morgan fingerprint density at radius 2 is 2.25 bits per heavy atom. The average Bonchev–Trinajstić information content (AvgIpc) is 3.15. The molecule has 1 aliphatic rings. The molecule has 130 valence electrons. The number of carbonyl (C=O) groups is 1. The van der Waals surface area contributed by atoms with Crippen LogP contribution in [-0.4, -0.2) is 52.7 Å². The summed E-state index contributed by atoms with van der Waals surface area (Å²) in [7, 11) is 6.06. The van der Waals surface area contributed by atoms with Crippen LogP contribution in [0.4, 0.5) is 0 Å². The highest BCUT2D eigenvalue weighted by Crippen LogP contribution is 2.35. The molecule has 0 bridgehead atoms. The molecule has 0 unspecified atom stereocenters. The molecule has 0 aliphatic carbocycles. The maximum atomic E-state index is 12.7. The predicted octanol–water partition coefficient (Wildman–Crippen LogP) is 2.95. The van der Waals surface area contributed by atoms with Gasteiger partial charge in [-0.15, -0.1) is 11.3 Å². The number of aryl methyl sites for hydroxylation is 2. The molecule has 0 saturated carbocycles. The maximum absolute atomic E-state index is 12.7. The quantitative estimate of drug-likeness (QED) is 0.855. The fraction of sp³-hybridized carbons (Fsp3) is 0.556. The van der Waals surface area contributed by atoms with Crippen molar-refractivity contribution in [1.29, 1.82) is 0 Å². The summed E-state index contributed by atoms with van der Waals surface area (Å²) >= 11 is 1.53. The topological polar surface area (TPSA) is 41.4 Å². The summed E-state index contributed by atoms with van der Waals surface area (Å²) in [6.45, 7) is 3.88. The van der Waals surface area contributed by atoms with Gasteiger partial charge in [0.05, 0.1) is 11.1 Å². The molecule has 1 fully saturated rings. The molecule has 1 amide bonds. The minimum absolute atomic E-state index is 0.140. The van der Waals surface area contributed by atoms with Gasteiger partial charge in [-0.1, -0.05) is 0 Å². The lowest BCUT2D eigenvalue weighted by molar-refractivity contribution is 0.0648. The molecule has 1 saturated heterocycles. The number of amides is 1. The van der Waals surface area contributed by atoms with Crippen LogP contribution in [-0.2, 0) is 7.05 Å². The number of hydrogen-bond donors (Lipinski definition) is 0. The van der Waals surface area contributed by atoms with Crippen LogP contribution in [0.1, 0.15) is 39.7 Å². The Bertz CT molecular complexity index is 707. The van der Waals surface area contributed by atoms with E-state index in [0.29, 0.717) is 12.0 Å². The van der Waals surface area contributed by atoms with E-state index in [2.05, 4.69) is 23.2 Å². The molecule has 5 nitrogen and oxygen atoms in total. The maximum Gasteiger partial charge on any atom is 0.263 e. The fourth-order valence-corrected chi connectivity index (χ4v) is 4.69. The van der Waals surface area contributed by atoms with Gasteiger partial charge >= 0.3 is 0 Å². The van der Waals surface area contributed by atoms with Crippen LogP contribution in [0.5, 0.6) is 0 Å². The van der Waals surface area contributed by atoms with Crippen LogP contribution in [0, 0.1) is 12.8 Å². The molecule has 0 radical (unpaired) electrons. The number of likely N-dealkylation sites (tertiary alicyclic amines) is 1. The van der Waals surface area contributed by atoms with Gasteiger partial charge in [0.2, 0.25) is 0 Å². The summed E-state index contributed by atoms with van der Waals surface area (Å²) in [4.78, 5) is 17.9. The van der Waals surface area contributed by atoms with Crippen molar-refractivity contribution in [3.05, 3.63) is 39.8 Å². The van der Waals surface area contributed by atoms with Crippen LogP contribution in [0.3, 0.4) is 0 Å². The fourth-order valence-electron chi connectivity index (χ4n) is 3.77. The Morgan fingerprint density at radius 1 is 1.46 bits per heavy atom. The number of aromatic nitrogens is 2. The van der Waals surface area contributed by atoms with Gasteiger partial charge in [-0.05, 0) is 56.3 Å². The van der Waals surface area contributed by atoms with E-state index in [4.69, 9.17) is 0 Å². The number of rotatable bonds is 4. The average molecular weight is 346 g/mol. The first-order valence-electron chi connectivity index (χ1n) is 8.45. The smallest absolute Gasteiger partial charge is 0.263 e. The molecule has 0 spiro atoms. The molecular formula is C18H26N4OS. The van der Waals surface area contributed by atoms with Gasteiger partial charge in [-0.2, -0.15) is 5.10 Å². The summed E-state index contributed by atoms with van der Waals surface area (Å²) in [5, 5.41) is 6.33. The van der Waals surface area contributed by atoms with E-state index in [-0.39, 0.29) is 5.91 Å². The van der Waals surface area contributed by atoms with Crippen LogP contribution in [0.15, 0.2) is 23.8 Å². The molecule has 3 heterocycles. The molecule has 2 atom stereocenters. The zero-order valence-electron chi connectivity index (χ0n) is 14.9. The molecule has 0 N–H and O–H groups in total. The van der Waals surface area contributed by atoms with Crippen molar-refractivity contribution >= 4 is 17.2 Å². The van der Waals surface area contributed by atoms with Crippen LogP contribution >= 0.6 is 11.3 Å². The standard InChI is InChI=1S/C18H26N4OS/c1-13-7-9-24-17(13)18(23)21(3)11-14-6-5-8-20(2)16(14)15-10-19-22(4)12-15/h7,9-10,12,14,16H,5-6,8,11H2,1-4H3/t14-,16+/m0/s1. The van der Waals surface area contributed by atoms with Gasteiger partial charge in [-0.3, -0.25) is 14.4 Å². The number of carbonyl (C=O) groups excluding carboxylic acids is 1. The summed E-state index contributed by atoms with van der Waals surface area (Å²) in [6, 6.07) is 2.34. The monoisotopic (exact) mass is 346 g/mol. The molecule has 3 rings (SSSR count). The highest BCUT2D eigenvalue weighted by molar-refractivity contribution is 7.12. The molecule has 2 aromatic rings. The summed E-state index contributed by atoms with van der Waals surface area (Å²) < 4.78 is 1.86. The van der Waals surface area contributed by atoms with E-state index < -0.39 is 0 Å². The van der Waals surface area contributed by atoms with Gasteiger partial charge in [-0.25, -0.2) is 0 Å². The molecule has 2 aromatic heterocycles. The Morgan fingerprint density at radius 3 is 2.88 bits per heavy atom. The Labute approximate surface area is 147 Å². The zero-order chi connectivity index (χ0) is 17.3. The Kier molecular flexibility index (Phi) is 5.06. The van der Waals surface area contributed by atoms with E-state index in [1.54, 1.807) is 0 Å². The first-order chi connectivity index (χ1) is 11.5. The van der Waals surface area contributed by atoms with Crippen molar-refractivity contribution in [2.75, 3.05) is 27.2 Å². The van der Waals surface area contributed by atoms with Gasteiger partial charge in [0.25, 0.3) is 5.91 Å². The van der Waals surface area contributed by atoms with Crippen molar-refractivity contribution in [2.45, 2.75) is 25.8 Å². The number of piperidine rings is 1. The summed E-state index contributed by atoms with van der Waals surface area (Å²) in [5.41, 5.74) is 2.32. The predicted molar refractivity (Wildman–Crippen MR) is 97.3 cm³/mol. The minimum atomic E-state index is 0.140. The zero-order valence-corrected chi connectivity index (χ0v) is 15.7. The third-order valence-electron chi connectivity index (χ3n) is 4.98. The van der Waals surface area contributed by atoms with Gasteiger partial charge in [0, 0.05) is 38.4 Å². The lowest BCUT2D eigenvalue weighted by Gasteiger charge is -2.40. The van der Waals surface area contributed by atoms with E-state index in [1.807, 2.05) is 48.2 Å². The first-order valence-corrected chi connectivity index (χ1v) is 9.33. The van der Waals surface area contributed by atoms with E-state index in [0.717, 1.165) is 30.0 Å². The molecule has 24 heavy (non-hydrogen) atoms. The summed E-state index contributed by atoms with van der Waals surface area (Å²) in [5.74, 6) is 0.572. The van der Waals surface area contributed by atoms with Crippen LogP contribution in [0.2, 0.25) is 0 Å². The minimum Gasteiger partial charge on any atom is -0.341 e. The highest BCUT2D eigenvalue weighted by atomic mass is 32.1. The van der Waals surface area contributed by atoms with Crippen molar-refractivity contribution in [3.63, 3.8) is 0 Å². The molecule has 6 heteroatoms. The van der Waals surface area contributed by atoms with Gasteiger partial charge < -0.3 is 4.90 Å². The Balaban J connectivity index is 1.76.